The number of benzene rings is 10. The molecule has 2 atom stereocenters. The number of anilines is 2. The Hall–Kier alpha value is -11.0. The van der Waals surface area contributed by atoms with Gasteiger partial charge in [-0.25, -0.2) is 0 Å². The summed E-state index contributed by atoms with van der Waals surface area (Å²) < 4.78 is 9.64. The van der Waals surface area contributed by atoms with E-state index in [1.165, 1.54) is 43.8 Å². The van der Waals surface area contributed by atoms with Crippen molar-refractivity contribution in [3.8, 4) is 45.0 Å². The second-order valence-corrected chi connectivity index (χ2v) is 22.7. The van der Waals surface area contributed by atoms with Crippen LogP contribution in [0.25, 0.3) is 132 Å². The van der Waals surface area contributed by atoms with Crippen LogP contribution in [0.2, 0.25) is 0 Å². The summed E-state index contributed by atoms with van der Waals surface area (Å²) in [5.41, 5.74) is 23.3. The number of pyridine rings is 2. The molecule has 7 heterocycles. The highest BCUT2D eigenvalue weighted by molar-refractivity contribution is 6.15. The molecule has 2 unspecified atom stereocenters. The minimum atomic E-state index is -0.326. The Bertz CT molecular complexity index is 5380. The van der Waals surface area contributed by atoms with Crippen molar-refractivity contribution < 1.29 is 0 Å². The molecule has 0 bridgehead atoms. The molecule has 394 valence electrons. The van der Waals surface area contributed by atoms with E-state index in [2.05, 4.69) is 291 Å². The number of rotatable bonds is 7. The molecule has 0 saturated carbocycles. The van der Waals surface area contributed by atoms with Crippen molar-refractivity contribution in [2.45, 2.75) is 18.4 Å². The Kier molecular flexibility index (Phi) is 9.86. The van der Waals surface area contributed by atoms with Crippen molar-refractivity contribution in [3.63, 3.8) is 0 Å². The van der Waals surface area contributed by atoms with Crippen molar-refractivity contribution in [2.75, 3.05) is 4.90 Å². The highest BCUT2D eigenvalue weighted by Gasteiger charge is 2.47. The lowest BCUT2D eigenvalue weighted by molar-refractivity contribution is 0.542. The standard InChI is InChI=1S/C77H51N7/c1-77-41-13-12-27-65(77)61-23-5-11-32-71(61)84(77)56-45-51(49-35-38-52(39-36-49)80-66-28-7-2-20-58(66)59-21-3-8-29-67(59)80)44-55(48-56)82-68-30-9-4-22-60(68)64-46-50(37-40-70(64)82)57-25-15-26-63-75-73(34-17-43-79-75)83(76(57)63)54-19-14-18-53(47-54)81-69-31-10-6-24-62(69)74-72(81)33-16-42-78-74/h2-48,65H,1H3. The fourth-order valence-corrected chi connectivity index (χ4v) is 14.6. The lowest BCUT2D eigenvalue weighted by atomic mass is 9.80. The van der Waals surface area contributed by atoms with Gasteiger partial charge in [-0.05, 0) is 144 Å². The second kappa shape index (κ2) is 17.7. The van der Waals surface area contributed by atoms with Crippen LogP contribution in [-0.2, 0) is 0 Å². The second-order valence-electron chi connectivity index (χ2n) is 22.7. The van der Waals surface area contributed by atoms with Crippen LogP contribution in [0.5, 0.6) is 0 Å². The zero-order valence-corrected chi connectivity index (χ0v) is 45.8. The molecule has 0 fully saturated rings. The Morgan fingerprint density at radius 1 is 0.345 bits per heavy atom. The van der Waals surface area contributed by atoms with Crippen molar-refractivity contribution >= 4 is 98.9 Å². The maximum absolute atomic E-state index is 5.06. The summed E-state index contributed by atoms with van der Waals surface area (Å²) in [6, 6.07) is 91.4. The van der Waals surface area contributed by atoms with Gasteiger partial charge in [-0.3, -0.25) is 9.97 Å². The average Bonchev–Trinajstić information content (AvgIpc) is 1.98. The fourth-order valence-electron chi connectivity index (χ4n) is 14.6. The first kappa shape index (κ1) is 46.7. The number of allylic oxidation sites excluding steroid dienone is 2. The lowest BCUT2D eigenvalue weighted by Crippen LogP contribution is -2.42. The number of fused-ring (bicyclic) bond motifs is 15. The fraction of sp³-hybridized carbons (Fsp3) is 0.0390. The largest absolute Gasteiger partial charge is 0.331 e. The van der Waals surface area contributed by atoms with Gasteiger partial charge in [0.25, 0.3) is 0 Å². The van der Waals surface area contributed by atoms with Crippen LogP contribution in [0.4, 0.5) is 11.4 Å². The van der Waals surface area contributed by atoms with Gasteiger partial charge >= 0.3 is 0 Å². The lowest BCUT2D eigenvalue weighted by Gasteiger charge is -2.39. The van der Waals surface area contributed by atoms with Gasteiger partial charge in [0, 0.05) is 90.3 Å². The molecular weight excluding hydrogens is 1020 g/mol. The van der Waals surface area contributed by atoms with E-state index >= 15 is 0 Å². The molecule has 18 rings (SSSR count). The van der Waals surface area contributed by atoms with Gasteiger partial charge in [0.1, 0.15) is 0 Å². The quantitative estimate of drug-likeness (QED) is 0.160. The summed E-state index contributed by atoms with van der Waals surface area (Å²) in [6.07, 6.45) is 13.0. The minimum absolute atomic E-state index is 0.198. The summed E-state index contributed by atoms with van der Waals surface area (Å²) in [7, 11) is 0. The van der Waals surface area contributed by atoms with Gasteiger partial charge in [0.05, 0.1) is 60.7 Å². The van der Waals surface area contributed by atoms with E-state index < -0.39 is 0 Å². The van der Waals surface area contributed by atoms with E-state index in [9.17, 15) is 0 Å². The van der Waals surface area contributed by atoms with Crippen LogP contribution in [0.1, 0.15) is 18.4 Å². The van der Waals surface area contributed by atoms with Gasteiger partial charge in [0.2, 0.25) is 0 Å². The van der Waals surface area contributed by atoms with E-state index in [1.807, 2.05) is 24.5 Å². The van der Waals surface area contributed by atoms with Crippen molar-refractivity contribution in [1.29, 1.82) is 0 Å². The topological polar surface area (TPSA) is 48.7 Å². The molecule has 6 aromatic heterocycles. The zero-order valence-electron chi connectivity index (χ0n) is 45.8. The van der Waals surface area contributed by atoms with Crippen molar-refractivity contribution in [2.24, 2.45) is 0 Å². The monoisotopic (exact) mass is 1070 g/mol. The molecule has 0 saturated heterocycles. The third-order valence-electron chi connectivity index (χ3n) is 18.2. The SMILES string of the molecule is CC12C=CC=CC1c1ccccc1N2c1cc(-c2ccc(-n3c4ccccc4c4ccccc43)cc2)cc(-n2c3ccccc3c3cc(-c4cccc5c6ncccc6n(-c6cccc(-n7c8ccccc8c8ncccc87)c6)c45)ccc32)c1. The highest BCUT2D eigenvalue weighted by Crippen LogP contribution is 2.55. The first-order chi connectivity index (χ1) is 41.6. The molecule has 7 nitrogen and oxygen atoms in total. The van der Waals surface area contributed by atoms with Crippen molar-refractivity contribution in [3.05, 3.63) is 291 Å². The molecular formula is C77H51N7. The predicted octanol–water partition coefficient (Wildman–Crippen LogP) is 19.3. The van der Waals surface area contributed by atoms with Crippen LogP contribution in [0.15, 0.2) is 285 Å². The molecule has 1 aliphatic carbocycles. The number of nitrogens with zero attached hydrogens (tertiary/aromatic N) is 7. The summed E-state index contributed by atoms with van der Waals surface area (Å²) in [4.78, 5) is 12.5. The van der Waals surface area contributed by atoms with Gasteiger partial charge < -0.3 is 23.2 Å². The molecule has 0 spiro atoms. The molecule has 7 heteroatoms. The smallest absolute Gasteiger partial charge is 0.0963 e. The highest BCUT2D eigenvalue weighted by atomic mass is 15.2. The molecule has 2 aliphatic rings. The van der Waals surface area contributed by atoms with Crippen LogP contribution in [-0.4, -0.2) is 33.8 Å². The molecule has 0 radical (unpaired) electrons. The summed E-state index contributed by atoms with van der Waals surface area (Å²) >= 11 is 0. The Morgan fingerprint density at radius 3 is 1.61 bits per heavy atom. The molecule has 0 amide bonds. The Balaban J connectivity index is 0.825. The van der Waals surface area contributed by atoms with Gasteiger partial charge in [-0.15, -0.1) is 0 Å². The van der Waals surface area contributed by atoms with Crippen molar-refractivity contribution in [1.82, 2.24) is 28.2 Å². The summed E-state index contributed by atoms with van der Waals surface area (Å²) in [5.74, 6) is 0.198. The molecule has 84 heavy (non-hydrogen) atoms. The first-order valence-electron chi connectivity index (χ1n) is 28.9. The maximum atomic E-state index is 5.06. The number of para-hydroxylation sites is 6. The van der Waals surface area contributed by atoms with E-state index in [-0.39, 0.29) is 11.5 Å². The molecule has 16 aromatic rings. The van der Waals surface area contributed by atoms with Gasteiger partial charge in [0.15, 0.2) is 0 Å². The summed E-state index contributed by atoms with van der Waals surface area (Å²) in [6.45, 7) is 2.39. The van der Waals surface area contributed by atoms with E-state index in [0.29, 0.717) is 0 Å². The number of hydrogen-bond acceptors (Lipinski definition) is 3. The van der Waals surface area contributed by atoms with Crippen LogP contribution in [0, 0.1) is 0 Å². The van der Waals surface area contributed by atoms with Crippen LogP contribution in [0.3, 0.4) is 0 Å². The predicted molar refractivity (Wildman–Crippen MR) is 348 cm³/mol. The molecule has 10 aromatic carbocycles. The van der Waals surface area contributed by atoms with E-state index in [0.717, 1.165) is 106 Å². The average molecular weight is 1070 g/mol. The normalized spacial score (nSPS) is 15.7. The minimum Gasteiger partial charge on any atom is -0.331 e. The maximum Gasteiger partial charge on any atom is 0.0963 e. The van der Waals surface area contributed by atoms with Gasteiger partial charge in [-0.2, -0.15) is 0 Å². The molecule has 0 N–H and O–H groups in total. The van der Waals surface area contributed by atoms with Crippen LogP contribution < -0.4 is 4.90 Å². The third kappa shape index (κ3) is 6.63. The summed E-state index contributed by atoms with van der Waals surface area (Å²) in [5, 5.41) is 7.12. The number of hydrogen-bond donors (Lipinski definition) is 0. The van der Waals surface area contributed by atoms with E-state index in [4.69, 9.17) is 9.97 Å². The zero-order chi connectivity index (χ0) is 55.2. The third-order valence-corrected chi connectivity index (χ3v) is 18.2. The Morgan fingerprint density at radius 2 is 0.869 bits per heavy atom. The first-order valence-corrected chi connectivity index (χ1v) is 28.9. The van der Waals surface area contributed by atoms with E-state index in [1.54, 1.807) is 0 Å². The van der Waals surface area contributed by atoms with Gasteiger partial charge in [-0.1, -0.05) is 158 Å². The number of aromatic nitrogens is 6. The van der Waals surface area contributed by atoms with Crippen LogP contribution >= 0.6 is 0 Å². The molecule has 1 aliphatic heterocycles. The Labute approximate surface area is 483 Å².